The molecule has 2 heterocycles. The number of hydrogen-bond donors (Lipinski definition) is 2. The number of rotatable bonds is 3. The van der Waals surface area contributed by atoms with E-state index in [0.717, 1.165) is 26.1 Å². The van der Waals surface area contributed by atoms with E-state index in [1.165, 1.54) is 11.3 Å². The lowest BCUT2D eigenvalue weighted by Gasteiger charge is -2.31. The minimum absolute atomic E-state index is 0.599. The predicted octanol–water partition coefficient (Wildman–Crippen LogP) is 1.87. The topological polar surface area (TPSA) is 39.3 Å². The summed E-state index contributed by atoms with van der Waals surface area (Å²) in [7, 11) is 0. The Kier molecular flexibility index (Phi) is 3.17. The second kappa shape index (κ2) is 4.44. The molecule has 0 spiro atoms. The molecule has 0 saturated carbocycles. The van der Waals surface area contributed by atoms with E-state index in [9.17, 15) is 5.11 Å². The summed E-state index contributed by atoms with van der Waals surface area (Å²) >= 11 is 0. The van der Waals surface area contributed by atoms with E-state index in [0.29, 0.717) is 0 Å². The molecule has 1 aliphatic rings. The summed E-state index contributed by atoms with van der Waals surface area (Å²) < 4.78 is 0. The molecule has 1 aromatic rings. The molecular formula is C13H20N2O. The highest BCUT2D eigenvalue weighted by Gasteiger charge is 2.20. The molecule has 0 atom stereocenters. The van der Waals surface area contributed by atoms with Gasteiger partial charge in [0.1, 0.15) is 0 Å². The lowest BCUT2D eigenvalue weighted by atomic mass is 10.0. The Morgan fingerprint density at radius 2 is 2.31 bits per heavy atom. The fourth-order valence-electron chi connectivity index (χ4n) is 2.18. The van der Waals surface area contributed by atoms with E-state index < -0.39 is 5.60 Å². The SMILES string of the molecule is CC(C)(O)CN1CC=C(c2ccc[nH]2)CC1. The van der Waals surface area contributed by atoms with E-state index in [1.807, 2.05) is 26.1 Å². The molecule has 16 heavy (non-hydrogen) atoms. The molecule has 1 aliphatic heterocycles. The Morgan fingerprint density at radius 1 is 1.50 bits per heavy atom. The zero-order chi connectivity index (χ0) is 11.6. The van der Waals surface area contributed by atoms with Gasteiger partial charge in [0, 0.05) is 31.5 Å². The zero-order valence-corrected chi connectivity index (χ0v) is 10.0. The molecular weight excluding hydrogens is 200 g/mol. The van der Waals surface area contributed by atoms with Crippen molar-refractivity contribution >= 4 is 5.57 Å². The van der Waals surface area contributed by atoms with Gasteiger partial charge in [0.25, 0.3) is 0 Å². The lowest BCUT2D eigenvalue weighted by Crippen LogP contribution is -2.40. The molecule has 88 valence electrons. The molecule has 0 fully saturated rings. The van der Waals surface area contributed by atoms with Gasteiger partial charge < -0.3 is 10.1 Å². The molecule has 0 amide bonds. The van der Waals surface area contributed by atoms with Crippen molar-refractivity contribution in [2.75, 3.05) is 19.6 Å². The van der Waals surface area contributed by atoms with Crippen LogP contribution in [0, 0.1) is 0 Å². The first-order valence-electron chi connectivity index (χ1n) is 5.82. The number of nitrogens with one attached hydrogen (secondary N) is 1. The van der Waals surface area contributed by atoms with Gasteiger partial charge >= 0.3 is 0 Å². The summed E-state index contributed by atoms with van der Waals surface area (Å²) in [6.45, 7) is 6.41. The number of β-amino-alcohol motifs (C(OH)–C–C–N with tert-alkyl or cyclic N) is 1. The summed E-state index contributed by atoms with van der Waals surface area (Å²) in [5, 5.41) is 9.75. The predicted molar refractivity (Wildman–Crippen MR) is 66.1 cm³/mol. The van der Waals surface area contributed by atoms with Crippen LogP contribution in [-0.2, 0) is 0 Å². The van der Waals surface area contributed by atoms with Crippen molar-refractivity contribution in [1.29, 1.82) is 0 Å². The third kappa shape index (κ3) is 2.97. The Hall–Kier alpha value is -1.06. The number of aromatic nitrogens is 1. The van der Waals surface area contributed by atoms with Gasteiger partial charge in [0.2, 0.25) is 0 Å². The first kappa shape index (κ1) is 11.4. The maximum Gasteiger partial charge on any atom is 0.0718 e. The summed E-state index contributed by atoms with van der Waals surface area (Å²) in [5.74, 6) is 0. The van der Waals surface area contributed by atoms with Crippen LogP contribution in [0.25, 0.3) is 5.57 Å². The van der Waals surface area contributed by atoms with Crippen LogP contribution in [0.2, 0.25) is 0 Å². The smallest absolute Gasteiger partial charge is 0.0718 e. The highest BCUT2D eigenvalue weighted by molar-refractivity contribution is 5.63. The zero-order valence-electron chi connectivity index (χ0n) is 10.0. The summed E-state index contributed by atoms with van der Waals surface area (Å²) in [6.07, 6.45) is 5.26. The van der Waals surface area contributed by atoms with Crippen LogP contribution in [0.3, 0.4) is 0 Å². The molecule has 3 nitrogen and oxygen atoms in total. The molecule has 0 aromatic carbocycles. The van der Waals surface area contributed by atoms with Gasteiger partial charge in [0.05, 0.1) is 5.60 Å². The molecule has 2 rings (SSSR count). The lowest BCUT2D eigenvalue weighted by molar-refractivity contribution is 0.0397. The third-order valence-electron chi connectivity index (χ3n) is 2.85. The maximum atomic E-state index is 9.75. The second-order valence-corrected chi connectivity index (χ2v) is 5.11. The Morgan fingerprint density at radius 3 is 2.81 bits per heavy atom. The van der Waals surface area contributed by atoms with Gasteiger partial charge in [0.15, 0.2) is 0 Å². The van der Waals surface area contributed by atoms with Gasteiger partial charge in [-0.05, 0) is 38.0 Å². The third-order valence-corrected chi connectivity index (χ3v) is 2.85. The van der Waals surface area contributed by atoms with Crippen molar-refractivity contribution in [3.8, 4) is 0 Å². The highest BCUT2D eigenvalue weighted by Crippen LogP contribution is 2.21. The van der Waals surface area contributed by atoms with Crippen LogP contribution in [0.4, 0.5) is 0 Å². The molecule has 0 aliphatic carbocycles. The Balaban J connectivity index is 1.95. The van der Waals surface area contributed by atoms with Crippen LogP contribution >= 0.6 is 0 Å². The summed E-state index contributed by atoms with van der Waals surface area (Å²) in [4.78, 5) is 5.52. The van der Waals surface area contributed by atoms with Crippen molar-refractivity contribution in [2.24, 2.45) is 0 Å². The van der Waals surface area contributed by atoms with Crippen molar-refractivity contribution in [2.45, 2.75) is 25.9 Å². The molecule has 1 aromatic heterocycles. The average molecular weight is 220 g/mol. The van der Waals surface area contributed by atoms with E-state index in [4.69, 9.17) is 0 Å². The summed E-state index contributed by atoms with van der Waals surface area (Å²) in [5.41, 5.74) is 2.01. The van der Waals surface area contributed by atoms with E-state index in [-0.39, 0.29) is 0 Å². The minimum Gasteiger partial charge on any atom is -0.389 e. The largest absolute Gasteiger partial charge is 0.389 e. The van der Waals surface area contributed by atoms with Crippen molar-refractivity contribution < 1.29 is 5.11 Å². The van der Waals surface area contributed by atoms with Crippen LogP contribution in [-0.4, -0.2) is 40.2 Å². The van der Waals surface area contributed by atoms with Crippen molar-refractivity contribution in [3.05, 3.63) is 30.1 Å². The van der Waals surface area contributed by atoms with Crippen LogP contribution < -0.4 is 0 Å². The number of H-pyrrole nitrogens is 1. The van der Waals surface area contributed by atoms with E-state index in [2.05, 4.69) is 22.0 Å². The van der Waals surface area contributed by atoms with Gasteiger partial charge in [-0.3, -0.25) is 4.90 Å². The van der Waals surface area contributed by atoms with Gasteiger partial charge in [-0.15, -0.1) is 0 Å². The Bertz CT molecular complexity index is 360. The number of aliphatic hydroxyl groups is 1. The van der Waals surface area contributed by atoms with Gasteiger partial charge in [-0.1, -0.05) is 6.08 Å². The fraction of sp³-hybridized carbons (Fsp3) is 0.538. The standard InChI is InChI=1S/C13H20N2O/c1-13(2,16)10-15-8-5-11(6-9-15)12-4-3-7-14-12/h3-5,7,14,16H,6,8-10H2,1-2H3. The average Bonchev–Trinajstić information content (AvgIpc) is 2.69. The first-order chi connectivity index (χ1) is 7.54. The van der Waals surface area contributed by atoms with Crippen LogP contribution in [0.1, 0.15) is 26.0 Å². The minimum atomic E-state index is -0.599. The van der Waals surface area contributed by atoms with E-state index in [1.54, 1.807) is 0 Å². The highest BCUT2D eigenvalue weighted by atomic mass is 16.3. The Labute approximate surface area is 96.8 Å². The normalized spacial score (nSPS) is 18.6. The van der Waals surface area contributed by atoms with Crippen molar-refractivity contribution in [1.82, 2.24) is 9.88 Å². The maximum absolute atomic E-state index is 9.75. The second-order valence-electron chi connectivity index (χ2n) is 5.11. The van der Waals surface area contributed by atoms with Crippen LogP contribution in [0.15, 0.2) is 24.4 Å². The molecule has 0 unspecified atom stereocenters. The van der Waals surface area contributed by atoms with Gasteiger partial charge in [-0.2, -0.15) is 0 Å². The molecule has 0 bridgehead atoms. The first-order valence-corrected chi connectivity index (χ1v) is 5.82. The van der Waals surface area contributed by atoms with E-state index >= 15 is 0 Å². The monoisotopic (exact) mass is 220 g/mol. The van der Waals surface area contributed by atoms with Crippen molar-refractivity contribution in [3.63, 3.8) is 0 Å². The molecule has 0 radical (unpaired) electrons. The number of nitrogens with zero attached hydrogens (tertiary/aromatic N) is 1. The fourth-order valence-corrected chi connectivity index (χ4v) is 2.18. The quantitative estimate of drug-likeness (QED) is 0.816. The molecule has 3 heteroatoms. The van der Waals surface area contributed by atoms with Crippen LogP contribution in [0.5, 0.6) is 0 Å². The number of hydrogen-bond acceptors (Lipinski definition) is 2. The molecule has 2 N–H and O–H groups in total. The number of aromatic amines is 1. The van der Waals surface area contributed by atoms with Gasteiger partial charge in [-0.25, -0.2) is 0 Å². The molecule has 0 saturated heterocycles. The summed E-state index contributed by atoms with van der Waals surface area (Å²) in [6, 6.07) is 4.14.